The van der Waals surface area contributed by atoms with E-state index in [2.05, 4.69) is 24.6 Å². The maximum Gasteiger partial charge on any atom is 0.257 e. The zero-order valence-electron chi connectivity index (χ0n) is 16.3. The zero-order valence-corrected chi connectivity index (χ0v) is 16.3. The predicted molar refractivity (Wildman–Crippen MR) is 106 cm³/mol. The summed E-state index contributed by atoms with van der Waals surface area (Å²) in [5, 5.41) is 8.59. The van der Waals surface area contributed by atoms with Crippen molar-refractivity contribution >= 4 is 11.7 Å². The van der Waals surface area contributed by atoms with Crippen LogP contribution in [-0.2, 0) is 0 Å². The molecule has 0 N–H and O–H groups in total. The van der Waals surface area contributed by atoms with Crippen molar-refractivity contribution in [2.75, 3.05) is 31.1 Å². The Bertz CT molecular complexity index is 831. The van der Waals surface area contributed by atoms with Crippen molar-refractivity contribution in [2.45, 2.75) is 56.9 Å². The van der Waals surface area contributed by atoms with Crippen LogP contribution in [0.1, 0.15) is 73.1 Å². The summed E-state index contributed by atoms with van der Waals surface area (Å²) in [6.45, 7) is 3.54. The van der Waals surface area contributed by atoms with Gasteiger partial charge in [-0.2, -0.15) is 0 Å². The average Bonchev–Trinajstić information content (AvgIpc) is 3.50. The van der Waals surface area contributed by atoms with Gasteiger partial charge in [0.05, 0.1) is 5.56 Å². The topological polar surface area (TPSA) is 67.2 Å². The molecule has 0 atom stereocenters. The number of aromatic nitrogens is 4. The van der Waals surface area contributed by atoms with Crippen LogP contribution in [0.5, 0.6) is 0 Å². The predicted octanol–water partition coefficient (Wildman–Crippen LogP) is 3.02. The third-order valence-corrected chi connectivity index (χ3v) is 6.36. The molecule has 5 rings (SSSR count). The number of pyridine rings is 1. The highest BCUT2D eigenvalue weighted by Gasteiger charge is 2.32. The summed E-state index contributed by atoms with van der Waals surface area (Å²) < 4.78 is 2.28. The van der Waals surface area contributed by atoms with E-state index >= 15 is 0 Å². The van der Waals surface area contributed by atoms with Crippen LogP contribution in [0.4, 0.5) is 5.82 Å². The molecule has 0 radical (unpaired) electrons. The van der Waals surface area contributed by atoms with Crippen molar-refractivity contribution in [3.63, 3.8) is 0 Å². The highest BCUT2D eigenvalue weighted by atomic mass is 16.2. The molecule has 2 aromatic heterocycles. The molecule has 3 aliphatic rings. The van der Waals surface area contributed by atoms with Crippen LogP contribution >= 0.6 is 0 Å². The average molecular weight is 380 g/mol. The quantitative estimate of drug-likeness (QED) is 0.816. The molecule has 0 aromatic carbocycles. The Morgan fingerprint density at radius 2 is 1.79 bits per heavy atom. The van der Waals surface area contributed by atoms with Crippen molar-refractivity contribution in [3.05, 3.63) is 36.0 Å². The second kappa shape index (κ2) is 7.53. The molecule has 1 amide bonds. The van der Waals surface area contributed by atoms with E-state index in [-0.39, 0.29) is 5.91 Å². The highest BCUT2D eigenvalue weighted by Crippen LogP contribution is 2.38. The third kappa shape index (κ3) is 3.38. The van der Waals surface area contributed by atoms with E-state index in [1.165, 1.54) is 19.3 Å². The molecular formula is C21H28N6O. The van der Waals surface area contributed by atoms with Crippen LogP contribution in [-0.4, -0.2) is 56.7 Å². The van der Waals surface area contributed by atoms with E-state index in [4.69, 9.17) is 0 Å². The van der Waals surface area contributed by atoms with Crippen LogP contribution in [0.15, 0.2) is 24.7 Å². The smallest absolute Gasteiger partial charge is 0.257 e. The van der Waals surface area contributed by atoms with Crippen LogP contribution in [0.25, 0.3) is 0 Å². The Kier molecular flexibility index (Phi) is 4.74. The van der Waals surface area contributed by atoms with Crippen molar-refractivity contribution in [3.8, 4) is 0 Å². The van der Waals surface area contributed by atoms with Gasteiger partial charge in [-0.15, -0.1) is 10.2 Å². The standard InChI is InChI=1S/C21H28N6O/c28-21(26-11-2-1-3-12-26)18-5-4-10-22-20(18)25-13-8-16(9-14-25)19-24-23-15-27(19)17-6-7-17/h4-5,10,15-17H,1-3,6-9,11-14H2. The van der Waals surface area contributed by atoms with E-state index < -0.39 is 0 Å². The number of carbonyl (C=O) groups is 1. The van der Waals surface area contributed by atoms with E-state index in [1.807, 2.05) is 23.4 Å². The first-order valence-corrected chi connectivity index (χ1v) is 10.7. The molecule has 7 nitrogen and oxygen atoms in total. The Morgan fingerprint density at radius 1 is 1.00 bits per heavy atom. The summed E-state index contributed by atoms with van der Waals surface area (Å²) in [5.41, 5.74) is 0.754. The van der Waals surface area contributed by atoms with Gasteiger partial charge >= 0.3 is 0 Å². The van der Waals surface area contributed by atoms with Gasteiger partial charge in [0.1, 0.15) is 18.0 Å². The van der Waals surface area contributed by atoms with Crippen molar-refractivity contribution in [1.82, 2.24) is 24.6 Å². The Labute approximate surface area is 165 Å². The Balaban J connectivity index is 1.30. The summed E-state index contributed by atoms with van der Waals surface area (Å²) >= 11 is 0. The Morgan fingerprint density at radius 3 is 2.54 bits per heavy atom. The van der Waals surface area contributed by atoms with Gasteiger partial charge in [0.15, 0.2) is 0 Å². The lowest BCUT2D eigenvalue weighted by atomic mass is 9.95. The zero-order chi connectivity index (χ0) is 18.9. The lowest BCUT2D eigenvalue weighted by molar-refractivity contribution is 0.0724. The molecule has 7 heteroatoms. The normalized spacial score (nSPS) is 21.1. The molecule has 2 aliphatic heterocycles. The molecule has 0 bridgehead atoms. The lowest BCUT2D eigenvalue weighted by Crippen LogP contribution is -2.39. The summed E-state index contributed by atoms with van der Waals surface area (Å²) in [5.74, 6) is 2.58. The maximum atomic E-state index is 13.1. The fourth-order valence-electron chi connectivity index (χ4n) is 4.61. The minimum absolute atomic E-state index is 0.137. The first kappa shape index (κ1) is 17.6. The molecule has 2 saturated heterocycles. The minimum atomic E-state index is 0.137. The largest absolute Gasteiger partial charge is 0.356 e. The van der Waals surface area contributed by atoms with Crippen molar-refractivity contribution in [2.24, 2.45) is 0 Å². The fourth-order valence-corrected chi connectivity index (χ4v) is 4.61. The molecule has 148 valence electrons. The number of carbonyl (C=O) groups excluding carboxylic acids is 1. The number of anilines is 1. The molecule has 1 aliphatic carbocycles. The molecule has 3 fully saturated rings. The molecule has 0 spiro atoms. The van der Waals surface area contributed by atoms with Crippen LogP contribution in [0, 0.1) is 0 Å². The SMILES string of the molecule is O=C(c1cccnc1N1CCC(c2nncn2C2CC2)CC1)N1CCCCC1. The van der Waals surface area contributed by atoms with Crippen LogP contribution in [0.2, 0.25) is 0 Å². The molecule has 4 heterocycles. The third-order valence-electron chi connectivity index (χ3n) is 6.36. The van der Waals surface area contributed by atoms with Gasteiger partial charge in [0.2, 0.25) is 0 Å². The van der Waals surface area contributed by atoms with Gasteiger partial charge in [-0.3, -0.25) is 4.79 Å². The first-order chi connectivity index (χ1) is 13.8. The number of hydrogen-bond donors (Lipinski definition) is 0. The number of nitrogens with zero attached hydrogens (tertiary/aromatic N) is 6. The van der Waals surface area contributed by atoms with Crippen LogP contribution in [0.3, 0.4) is 0 Å². The maximum absolute atomic E-state index is 13.1. The van der Waals surface area contributed by atoms with Gasteiger partial charge in [0.25, 0.3) is 5.91 Å². The van der Waals surface area contributed by atoms with E-state index in [1.54, 1.807) is 6.20 Å². The second-order valence-electron chi connectivity index (χ2n) is 8.32. The number of rotatable bonds is 4. The fraction of sp³-hybridized carbons (Fsp3) is 0.619. The number of amides is 1. The van der Waals surface area contributed by atoms with Gasteiger partial charge in [-0.25, -0.2) is 4.98 Å². The van der Waals surface area contributed by atoms with E-state index in [0.29, 0.717) is 12.0 Å². The summed E-state index contributed by atoms with van der Waals surface area (Å²) in [7, 11) is 0. The monoisotopic (exact) mass is 380 g/mol. The highest BCUT2D eigenvalue weighted by molar-refractivity contribution is 5.99. The van der Waals surface area contributed by atoms with E-state index in [0.717, 1.165) is 69.1 Å². The lowest BCUT2D eigenvalue weighted by Gasteiger charge is -2.34. The number of hydrogen-bond acceptors (Lipinski definition) is 5. The van der Waals surface area contributed by atoms with E-state index in [9.17, 15) is 4.79 Å². The number of likely N-dealkylation sites (tertiary alicyclic amines) is 1. The van der Waals surface area contributed by atoms with Gasteiger partial charge in [-0.05, 0) is 57.1 Å². The molecule has 2 aromatic rings. The van der Waals surface area contributed by atoms with Gasteiger partial charge in [-0.1, -0.05) is 0 Å². The summed E-state index contributed by atoms with van der Waals surface area (Å²) in [6.07, 6.45) is 11.7. The summed E-state index contributed by atoms with van der Waals surface area (Å²) in [6, 6.07) is 4.44. The minimum Gasteiger partial charge on any atom is -0.356 e. The first-order valence-electron chi connectivity index (χ1n) is 10.7. The molecule has 28 heavy (non-hydrogen) atoms. The van der Waals surface area contributed by atoms with Gasteiger partial charge in [0, 0.05) is 44.3 Å². The second-order valence-corrected chi connectivity index (χ2v) is 8.32. The molecule has 1 saturated carbocycles. The Hall–Kier alpha value is -2.44. The molecule has 0 unspecified atom stereocenters. The summed E-state index contributed by atoms with van der Waals surface area (Å²) in [4.78, 5) is 22.0. The van der Waals surface area contributed by atoms with Crippen molar-refractivity contribution in [1.29, 1.82) is 0 Å². The van der Waals surface area contributed by atoms with Crippen LogP contribution < -0.4 is 4.90 Å². The molecular weight excluding hydrogens is 352 g/mol. The van der Waals surface area contributed by atoms with Gasteiger partial charge < -0.3 is 14.4 Å². The number of piperidine rings is 2. The van der Waals surface area contributed by atoms with Crippen molar-refractivity contribution < 1.29 is 4.79 Å².